The van der Waals surface area contributed by atoms with Gasteiger partial charge >= 0.3 is 0 Å². The lowest BCUT2D eigenvalue weighted by atomic mass is 9.86. The molecule has 0 radical (unpaired) electrons. The van der Waals surface area contributed by atoms with Gasteiger partial charge < -0.3 is 28.7 Å². The third kappa shape index (κ3) is 4.50. The highest BCUT2D eigenvalue weighted by atomic mass is 16.5. The number of phenolic OH excluding ortho intramolecular Hbond substituents is 2. The molecule has 40 heavy (non-hydrogen) atoms. The third-order valence-corrected chi connectivity index (χ3v) is 7.23. The Hall–Kier alpha value is -4.89. The van der Waals surface area contributed by atoms with Gasteiger partial charge in [0.2, 0.25) is 5.91 Å². The first-order chi connectivity index (χ1) is 19.4. The molecule has 2 N–H and O–H groups in total. The zero-order valence-electron chi connectivity index (χ0n) is 21.3. The fraction of sp³-hybridized carbons (Fsp3) is 0.194. The van der Waals surface area contributed by atoms with E-state index in [1.165, 1.54) is 12.3 Å². The zero-order valence-corrected chi connectivity index (χ0v) is 21.3. The maximum absolute atomic E-state index is 13.7. The number of nitrogens with zero attached hydrogens (tertiary/aromatic N) is 1. The fourth-order valence-electron chi connectivity index (χ4n) is 5.22. The average Bonchev–Trinajstić information content (AvgIpc) is 2.97. The molecule has 1 saturated heterocycles. The quantitative estimate of drug-likeness (QED) is 0.337. The van der Waals surface area contributed by atoms with Crippen LogP contribution in [0.3, 0.4) is 0 Å². The molecule has 0 unspecified atom stereocenters. The lowest BCUT2D eigenvalue weighted by molar-refractivity contribution is -0.135. The first-order valence-corrected chi connectivity index (χ1v) is 12.9. The van der Waals surface area contributed by atoms with E-state index in [9.17, 15) is 24.6 Å². The predicted octanol–water partition coefficient (Wildman–Crippen LogP) is 4.36. The number of phenols is 2. The van der Waals surface area contributed by atoms with Crippen LogP contribution in [0.25, 0.3) is 33.3 Å². The van der Waals surface area contributed by atoms with Crippen LogP contribution >= 0.6 is 0 Å². The minimum absolute atomic E-state index is 0.0341. The SMILES string of the molecule is O=C(C[C@@H](c1coc2ccccc2c1=O)c1c(O)cc(O)c2c(=O)cc(-c3ccccc3)oc12)N1CCOCC1. The van der Waals surface area contributed by atoms with Gasteiger partial charge in [-0.15, -0.1) is 0 Å². The number of para-hydroxylation sites is 1. The van der Waals surface area contributed by atoms with Gasteiger partial charge in [-0.3, -0.25) is 14.4 Å². The molecule has 1 aliphatic rings. The summed E-state index contributed by atoms with van der Waals surface area (Å²) in [7, 11) is 0. The molecular weight excluding hydrogens is 514 g/mol. The lowest BCUT2D eigenvalue weighted by Gasteiger charge is -2.29. The molecule has 9 nitrogen and oxygen atoms in total. The molecule has 0 bridgehead atoms. The summed E-state index contributed by atoms with van der Waals surface area (Å²) in [6.07, 6.45) is 1.05. The third-order valence-electron chi connectivity index (χ3n) is 7.23. The molecule has 1 fully saturated rings. The zero-order chi connectivity index (χ0) is 27.8. The number of carbonyl (C=O) groups is 1. The van der Waals surface area contributed by atoms with Gasteiger partial charge in [0.15, 0.2) is 10.9 Å². The van der Waals surface area contributed by atoms with Gasteiger partial charge in [0.05, 0.1) is 24.9 Å². The lowest BCUT2D eigenvalue weighted by Crippen LogP contribution is -2.41. The molecule has 0 saturated carbocycles. The Labute approximate surface area is 227 Å². The molecule has 5 aromatic rings. The second-order valence-electron chi connectivity index (χ2n) is 9.64. The van der Waals surface area contributed by atoms with Crippen LogP contribution in [-0.4, -0.2) is 47.3 Å². The molecular formula is C31H25NO8. The van der Waals surface area contributed by atoms with Crippen molar-refractivity contribution in [2.24, 2.45) is 0 Å². The molecule has 0 aliphatic carbocycles. The molecule has 2 aromatic heterocycles. The highest BCUT2D eigenvalue weighted by molar-refractivity contribution is 5.91. The van der Waals surface area contributed by atoms with Gasteiger partial charge in [0.1, 0.15) is 33.8 Å². The minimum atomic E-state index is -1.06. The van der Waals surface area contributed by atoms with Gasteiger partial charge in [-0.2, -0.15) is 0 Å². The van der Waals surface area contributed by atoms with E-state index in [0.717, 1.165) is 6.07 Å². The Morgan fingerprint density at radius 1 is 0.925 bits per heavy atom. The summed E-state index contributed by atoms with van der Waals surface area (Å²) in [5.74, 6) is -2.04. The van der Waals surface area contributed by atoms with Crippen LogP contribution in [0.5, 0.6) is 11.5 Å². The number of ether oxygens (including phenoxy) is 1. The number of hydrogen-bond acceptors (Lipinski definition) is 8. The first kappa shape index (κ1) is 25.4. The first-order valence-electron chi connectivity index (χ1n) is 12.9. The normalized spacial score (nSPS) is 14.4. The van der Waals surface area contributed by atoms with Crippen molar-refractivity contribution < 1.29 is 28.6 Å². The number of carbonyl (C=O) groups excluding carboxylic acids is 1. The molecule has 3 heterocycles. The Morgan fingerprint density at radius 2 is 1.65 bits per heavy atom. The number of benzene rings is 3. The second-order valence-corrected chi connectivity index (χ2v) is 9.64. The monoisotopic (exact) mass is 539 g/mol. The van der Waals surface area contributed by atoms with E-state index in [0.29, 0.717) is 42.8 Å². The van der Waals surface area contributed by atoms with Gasteiger partial charge in [0.25, 0.3) is 0 Å². The molecule has 0 spiro atoms. The number of morpholine rings is 1. The molecule has 1 atom stereocenters. The number of aromatic hydroxyl groups is 2. The van der Waals surface area contributed by atoms with Crippen molar-refractivity contribution in [2.45, 2.75) is 12.3 Å². The predicted molar refractivity (Wildman–Crippen MR) is 148 cm³/mol. The van der Waals surface area contributed by atoms with E-state index in [1.54, 1.807) is 53.4 Å². The van der Waals surface area contributed by atoms with Crippen molar-refractivity contribution in [3.8, 4) is 22.8 Å². The summed E-state index contributed by atoms with van der Waals surface area (Å²) >= 11 is 0. The second kappa shape index (κ2) is 10.3. The van der Waals surface area contributed by atoms with Crippen molar-refractivity contribution in [3.05, 3.63) is 105 Å². The van der Waals surface area contributed by atoms with E-state index in [4.69, 9.17) is 13.6 Å². The van der Waals surface area contributed by atoms with Crippen molar-refractivity contribution in [1.82, 2.24) is 4.90 Å². The van der Waals surface area contributed by atoms with Crippen molar-refractivity contribution in [2.75, 3.05) is 26.3 Å². The van der Waals surface area contributed by atoms with Crippen LogP contribution in [0.15, 0.2) is 91.4 Å². The van der Waals surface area contributed by atoms with Crippen LogP contribution in [0.4, 0.5) is 0 Å². The maximum atomic E-state index is 13.7. The van der Waals surface area contributed by atoms with Crippen LogP contribution in [0.2, 0.25) is 0 Å². The Kier molecular flexibility index (Phi) is 6.57. The maximum Gasteiger partial charge on any atom is 0.223 e. The summed E-state index contributed by atoms with van der Waals surface area (Å²) in [5, 5.41) is 22.0. The van der Waals surface area contributed by atoms with E-state index in [2.05, 4.69) is 0 Å². The van der Waals surface area contributed by atoms with E-state index < -0.39 is 22.8 Å². The Balaban J connectivity index is 1.61. The number of rotatable bonds is 5. The molecule has 9 heteroatoms. The Bertz CT molecular complexity index is 1850. The topological polar surface area (TPSA) is 130 Å². The molecule has 202 valence electrons. The largest absolute Gasteiger partial charge is 0.507 e. The van der Waals surface area contributed by atoms with Crippen molar-refractivity contribution >= 4 is 27.8 Å². The highest BCUT2D eigenvalue weighted by Crippen LogP contribution is 2.42. The Morgan fingerprint density at radius 3 is 2.42 bits per heavy atom. The van der Waals surface area contributed by atoms with Crippen LogP contribution in [-0.2, 0) is 9.53 Å². The van der Waals surface area contributed by atoms with E-state index in [-0.39, 0.29) is 45.6 Å². The smallest absolute Gasteiger partial charge is 0.223 e. The summed E-state index contributed by atoms with van der Waals surface area (Å²) in [6, 6.07) is 17.9. The molecule has 6 rings (SSSR count). The van der Waals surface area contributed by atoms with Gasteiger partial charge in [-0.05, 0) is 12.1 Å². The van der Waals surface area contributed by atoms with Crippen LogP contribution in [0.1, 0.15) is 23.5 Å². The van der Waals surface area contributed by atoms with Crippen molar-refractivity contribution in [1.29, 1.82) is 0 Å². The van der Waals surface area contributed by atoms with Crippen LogP contribution in [0, 0.1) is 0 Å². The van der Waals surface area contributed by atoms with E-state index in [1.807, 2.05) is 6.07 Å². The highest BCUT2D eigenvalue weighted by Gasteiger charge is 2.32. The molecule has 1 aliphatic heterocycles. The average molecular weight is 540 g/mol. The summed E-state index contributed by atoms with van der Waals surface area (Å²) < 4.78 is 17.3. The molecule has 3 aromatic carbocycles. The number of hydrogen-bond donors (Lipinski definition) is 2. The summed E-state index contributed by atoms with van der Waals surface area (Å²) in [4.78, 5) is 42.1. The van der Waals surface area contributed by atoms with Gasteiger partial charge in [0, 0.05) is 54.3 Å². The minimum Gasteiger partial charge on any atom is -0.507 e. The fourth-order valence-corrected chi connectivity index (χ4v) is 5.22. The summed E-state index contributed by atoms with van der Waals surface area (Å²) in [6.45, 7) is 1.54. The van der Waals surface area contributed by atoms with Gasteiger partial charge in [-0.1, -0.05) is 42.5 Å². The van der Waals surface area contributed by atoms with Crippen molar-refractivity contribution in [3.63, 3.8) is 0 Å². The molecule has 1 amide bonds. The number of amides is 1. The summed E-state index contributed by atoms with van der Waals surface area (Å²) in [5.41, 5.74) is 0.0681. The van der Waals surface area contributed by atoms with E-state index >= 15 is 0 Å². The van der Waals surface area contributed by atoms with Crippen LogP contribution < -0.4 is 10.9 Å². The van der Waals surface area contributed by atoms with Gasteiger partial charge in [-0.25, -0.2) is 0 Å². The standard InChI is InChI=1S/C31H25NO8/c33-22-15-23(34)29-24(35)16-26(18-6-2-1-3-7-18)40-31(29)28(22)20(14-27(36)32-10-12-38-13-11-32)21-17-39-25-9-5-4-8-19(25)30(21)37/h1-9,15-17,20,33-34H,10-14H2/t20-/m0/s1. The number of fused-ring (bicyclic) bond motifs is 2.